The number of rotatable bonds is 5. The smallest absolute Gasteiger partial charge is 0.217 e. The van der Waals surface area contributed by atoms with Crippen LogP contribution in [0.25, 0.3) is 0 Å². The first-order valence-electron chi connectivity index (χ1n) is 6.50. The number of amides is 1. The molecular formula is C12H21NO6. The lowest BCUT2D eigenvalue weighted by Gasteiger charge is -2.42. The number of hydrogen-bond acceptors (Lipinski definition) is 6. The molecule has 110 valence electrons. The maximum atomic E-state index is 11.1. The molecule has 2 aliphatic heterocycles. The second-order valence-electron chi connectivity index (χ2n) is 5.08. The van der Waals surface area contributed by atoms with E-state index in [9.17, 15) is 15.0 Å². The van der Waals surface area contributed by atoms with Gasteiger partial charge in [0.15, 0.2) is 6.29 Å². The van der Waals surface area contributed by atoms with Gasteiger partial charge in [-0.15, -0.1) is 0 Å². The van der Waals surface area contributed by atoms with Crippen LogP contribution >= 0.6 is 0 Å². The third-order valence-electron chi connectivity index (χ3n) is 3.43. The lowest BCUT2D eigenvalue weighted by Crippen LogP contribution is -2.66. The van der Waals surface area contributed by atoms with Gasteiger partial charge in [-0.1, -0.05) is 6.92 Å². The molecule has 3 N–H and O–H groups in total. The van der Waals surface area contributed by atoms with E-state index in [-0.39, 0.29) is 19.1 Å². The van der Waals surface area contributed by atoms with Crippen molar-refractivity contribution in [2.24, 2.45) is 0 Å². The number of carbonyl (C=O) groups is 1. The van der Waals surface area contributed by atoms with Crippen molar-refractivity contribution < 1.29 is 29.2 Å². The van der Waals surface area contributed by atoms with Gasteiger partial charge in [0.2, 0.25) is 5.91 Å². The fourth-order valence-electron chi connectivity index (χ4n) is 2.46. The Labute approximate surface area is 111 Å². The predicted molar refractivity (Wildman–Crippen MR) is 64.3 cm³/mol. The highest BCUT2D eigenvalue weighted by molar-refractivity contribution is 5.73. The summed E-state index contributed by atoms with van der Waals surface area (Å²) in [6.45, 7) is 4.15. The summed E-state index contributed by atoms with van der Waals surface area (Å²) in [4.78, 5) is 11.1. The van der Waals surface area contributed by atoms with Crippen molar-refractivity contribution >= 4 is 5.91 Å². The standard InChI is InChI=1S/C12H21NO6/c1-3-4-17-5-12-6-18-11(19-12)8(13-7(2)14)9(15)10(12)16/h8-11,15-16H,3-6H2,1-2H3,(H,13,14). The van der Waals surface area contributed by atoms with Crippen LogP contribution in [0.5, 0.6) is 0 Å². The summed E-state index contributed by atoms with van der Waals surface area (Å²) in [5, 5.41) is 22.9. The molecule has 2 aliphatic rings. The van der Waals surface area contributed by atoms with Gasteiger partial charge in [-0.25, -0.2) is 0 Å². The van der Waals surface area contributed by atoms with E-state index < -0.39 is 30.1 Å². The topological polar surface area (TPSA) is 97.2 Å². The monoisotopic (exact) mass is 275 g/mol. The van der Waals surface area contributed by atoms with Gasteiger partial charge in [-0.05, 0) is 6.42 Å². The molecule has 1 amide bonds. The average Bonchev–Trinajstić information content (AvgIpc) is 2.76. The Morgan fingerprint density at radius 3 is 2.89 bits per heavy atom. The third kappa shape index (κ3) is 2.75. The zero-order valence-electron chi connectivity index (χ0n) is 11.2. The maximum Gasteiger partial charge on any atom is 0.217 e. The second kappa shape index (κ2) is 5.72. The van der Waals surface area contributed by atoms with Gasteiger partial charge in [0.25, 0.3) is 0 Å². The van der Waals surface area contributed by atoms with E-state index >= 15 is 0 Å². The molecule has 7 heteroatoms. The predicted octanol–water partition coefficient (Wildman–Crippen LogP) is -1.24. The Bertz CT molecular complexity index is 338. The van der Waals surface area contributed by atoms with Crippen LogP contribution in [0.3, 0.4) is 0 Å². The Morgan fingerprint density at radius 2 is 2.26 bits per heavy atom. The molecule has 2 heterocycles. The minimum Gasteiger partial charge on any atom is -0.388 e. The molecule has 19 heavy (non-hydrogen) atoms. The summed E-state index contributed by atoms with van der Waals surface area (Å²) in [5.74, 6) is -0.315. The Balaban J connectivity index is 2.06. The molecule has 2 saturated heterocycles. The summed E-state index contributed by atoms with van der Waals surface area (Å²) < 4.78 is 16.5. The first-order chi connectivity index (χ1) is 9.00. The highest BCUT2D eigenvalue weighted by Gasteiger charge is 2.59. The third-order valence-corrected chi connectivity index (χ3v) is 3.43. The molecule has 0 radical (unpaired) electrons. The summed E-state index contributed by atoms with van der Waals surface area (Å²) in [6, 6.07) is -0.769. The van der Waals surface area contributed by atoms with Crippen molar-refractivity contribution in [1.29, 1.82) is 0 Å². The van der Waals surface area contributed by atoms with Gasteiger partial charge in [-0.3, -0.25) is 4.79 Å². The molecular weight excluding hydrogens is 254 g/mol. The van der Waals surface area contributed by atoms with Crippen molar-refractivity contribution in [3.63, 3.8) is 0 Å². The van der Waals surface area contributed by atoms with E-state index in [0.717, 1.165) is 6.42 Å². The molecule has 0 aromatic heterocycles. The summed E-state index contributed by atoms with van der Waals surface area (Å²) in [5.41, 5.74) is -1.05. The van der Waals surface area contributed by atoms with Crippen LogP contribution in [0, 0.1) is 0 Å². The number of carbonyl (C=O) groups excluding carboxylic acids is 1. The Hall–Kier alpha value is -0.730. The highest BCUT2D eigenvalue weighted by atomic mass is 16.7. The van der Waals surface area contributed by atoms with Crippen molar-refractivity contribution in [2.75, 3.05) is 19.8 Å². The van der Waals surface area contributed by atoms with E-state index in [0.29, 0.717) is 6.61 Å². The quantitative estimate of drug-likeness (QED) is 0.543. The molecule has 0 saturated carbocycles. The van der Waals surface area contributed by atoms with E-state index in [1.54, 1.807) is 0 Å². The molecule has 0 aromatic rings. The van der Waals surface area contributed by atoms with Crippen molar-refractivity contribution in [3.8, 4) is 0 Å². The SMILES string of the molecule is CCCOCC12COC(O1)C(NC(C)=O)C(O)C2O. The molecule has 7 nitrogen and oxygen atoms in total. The van der Waals surface area contributed by atoms with Crippen molar-refractivity contribution in [1.82, 2.24) is 5.32 Å². The molecule has 5 unspecified atom stereocenters. The number of ether oxygens (including phenoxy) is 3. The van der Waals surface area contributed by atoms with Gasteiger partial charge >= 0.3 is 0 Å². The first kappa shape index (κ1) is 14.7. The van der Waals surface area contributed by atoms with Crippen LogP contribution < -0.4 is 5.32 Å². The molecule has 2 fully saturated rings. The molecule has 0 aromatic carbocycles. The van der Waals surface area contributed by atoms with Crippen LogP contribution in [0.1, 0.15) is 20.3 Å². The summed E-state index contributed by atoms with van der Waals surface area (Å²) in [7, 11) is 0. The number of fused-ring (bicyclic) bond motifs is 2. The van der Waals surface area contributed by atoms with Crippen LogP contribution in [0.2, 0.25) is 0 Å². The van der Waals surface area contributed by atoms with Gasteiger partial charge in [0.1, 0.15) is 23.9 Å². The minimum atomic E-state index is -1.17. The van der Waals surface area contributed by atoms with Crippen molar-refractivity contribution in [3.05, 3.63) is 0 Å². The average molecular weight is 275 g/mol. The van der Waals surface area contributed by atoms with Crippen LogP contribution in [-0.4, -0.2) is 66.1 Å². The maximum absolute atomic E-state index is 11.1. The molecule has 2 rings (SSSR count). The van der Waals surface area contributed by atoms with Gasteiger partial charge < -0.3 is 29.7 Å². The number of aliphatic hydroxyl groups excluding tert-OH is 2. The molecule has 2 bridgehead atoms. The van der Waals surface area contributed by atoms with E-state index in [2.05, 4.69) is 5.32 Å². The number of hydrogen-bond donors (Lipinski definition) is 3. The second-order valence-corrected chi connectivity index (χ2v) is 5.08. The van der Waals surface area contributed by atoms with Crippen molar-refractivity contribution in [2.45, 2.75) is 50.4 Å². The van der Waals surface area contributed by atoms with Crippen LogP contribution in [0.15, 0.2) is 0 Å². The largest absolute Gasteiger partial charge is 0.388 e. The lowest BCUT2D eigenvalue weighted by atomic mass is 9.88. The fraction of sp³-hybridized carbons (Fsp3) is 0.917. The summed E-state index contributed by atoms with van der Waals surface area (Å²) >= 11 is 0. The summed E-state index contributed by atoms with van der Waals surface area (Å²) in [6.07, 6.45) is -2.21. The van der Waals surface area contributed by atoms with E-state index in [1.807, 2.05) is 6.92 Å². The van der Waals surface area contributed by atoms with E-state index in [4.69, 9.17) is 14.2 Å². The molecule has 0 spiro atoms. The zero-order chi connectivity index (χ0) is 14.0. The number of nitrogens with one attached hydrogen (secondary N) is 1. The number of aliphatic hydroxyl groups is 2. The van der Waals surface area contributed by atoms with Gasteiger partial charge in [-0.2, -0.15) is 0 Å². The lowest BCUT2D eigenvalue weighted by molar-refractivity contribution is -0.237. The Morgan fingerprint density at radius 1 is 1.53 bits per heavy atom. The van der Waals surface area contributed by atoms with Gasteiger partial charge in [0.05, 0.1) is 13.2 Å². The first-order valence-corrected chi connectivity index (χ1v) is 6.50. The normalized spacial score (nSPS) is 41.3. The fourth-order valence-corrected chi connectivity index (χ4v) is 2.46. The minimum absolute atomic E-state index is 0.135. The van der Waals surface area contributed by atoms with Gasteiger partial charge in [0, 0.05) is 13.5 Å². The molecule has 5 atom stereocenters. The Kier molecular flexibility index (Phi) is 4.42. The molecule has 0 aliphatic carbocycles. The van der Waals surface area contributed by atoms with Crippen LogP contribution in [0.4, 0.5) is 0 Å². The zero-order valence-corrected chi connectivity index (χ0v) is 11.2. The van der Waals surface area contributed by atoms with E-state index in [1.165, 1.54) is 6.92 Å². The highest BCUT2D eigenvalue weighted by Crippen LogP contribution is 2.37. The van der Waals surface area contributed by atoms with Crippen LogP contribution in [-0.2, 0) is 19.0 Å².